The first-order valence-electron chi connectivity index (χ1n) is 8.33. The molecular weight excluding hydrogens is 304 g/mol. The maximum absolute atomic E-state index is 12.9. The van der Waals surface area contributed by atoms with Crippen LogP contribution in [0, 0.1) is 33.5 Å². The minimum Gasteiger partial charge on any atom is -0.465 e. The number of ether oxygens (including phenoxy) is 2. The third kappa shape index (κ3) is 1.68. The summed E-state index contributed by atoms with van der Waals surface area (Å²) in [5, 5.41) is 19.8. The van der Waals surface area contributed by atoms with Crippen LogP contribution >= 0.6 is 0 Å². The summed E-state index contributed by atoms with van der Waals surface area (Å²) in [6.07, 6.45) is 9.67. The van der Waals surface area contributed by atoms with Gasteiger partial charge in [0.25, 0.3) is 0 Å². The summed E-state index contributed by atoms with van der Waals surface area (Å²) in [7, 11) is 0. The third-order valence-electron chi connectivity index (χ3n) is 5.77. The van der Waals surface area contributed by atoms with E-state index in [4.69, 9.17) is 9.47 Å². The maximum atomic E-state index is 12.9. The van der Waals surface area contributed by atoms with E-state index in [1.165, 1.54) is 0 Å². The molecule has 2 aliphatic carbocycles. The molecule has 24 heavy (non-hydrogen) atoms. The molecule has 4 rings (SSSR count). The Morgan fingerprint density at radius 3 is 2.92 bits per heavy atom. The van der Waals surface area contributed by atoms with Gasteiger partial charge in [-0.2, -0.15) is 10.5 Å². The van der Waals surface area contributed by atoms with Crippen molar-refractivity contribution >= 4 is 5.97 Å². The molecular formula is C19H18N2O3. The highest BCUT2D eigenvalue weighted by Crippen LogP contribution is 2.62. The molecule has 122 valence electrons. The number of nitriles is 2. The fraction of sp³-hybridized carbons (Fsp3) is 0.526. The van der Waals surface area contributed by atoms with Gasteiger partial charge >= 0.3 is 5.97 Å². The van der Waals surface area contributed by atoms with E-state index in [1.54, 1.807) is 6.92 Å². The number of hydrogen-bond acceptors (Lipinski definition) is 5. The molecule has 0 aromatic rings. The quantitative estimate of drug-likeness (QED) is 0.576. The van der Waals surface area contributed by atoms with Crippen molar-refractivity contribution in [3.8, 4) is 12.1 Å². The van der Waals surface area contributed by atoms with Crippen molar-refractivity contribution in [1.82, 2.24) is 0 Å². The van der Waals surface area contributed by atoms with Gasteiger partial charge in [0.1, 0.15) is 5.60 Å². The van der Waals surface area contributed by atoms with Gasteiger partial charge < -0.3 is 9.47 Å². The number of esters is 1. The third-order valence-corrected chi connectivity index (χ3v) is 5.77. The number of allylic oxidation sites excluding steroid dienone is 1. The second-order valence-electron chi connectivity index (χ2n) is 6.96. The smallest absolute Gasteiger partial charge is 0.316 e. The summed E-state index contributed by atoms with van der Waals surface area (Å²) in [4.78, 5) is 12.9. The molecule has 5 heteroatoms. The molecule has 0 saturated heterocycles. The zero-order valence-corrected chi connectivity index (χ0v) is 13.5. The highest BCUT2D eigenvalue weighted by atomic mass is 16.5. The van der Waals surface area contributed by atoms with Crippen LogP contribution in [0.5, 0.6) is 0 Å². The lowest BCUT2D eigenvalue weighted by Gasteiger charge is -2.33. The zero-order chi connectivity index (χ0) is 17.0. The van der Waals surface area contributed by atoms with Crippen LogP contribution in [0.2, 0.25) is 0 Å². The monoisotopic (exact) mass is 322 g/mol. The summed E-state index contributed by atoms with van der Waals surface area (Å²) >= 11 is 0. The van der Waals surface area contributed by atoms with Crippen LogP contribution in [0.4, 0.5) is 0 Å². The molecule has 5 nitrogen and oxygen atoms in total. The molecule has 0 aromatic carbocycles. The first-order chi connectivity index (χ1) is 11.5. The number of nitrogens with zero attached hydrogens (tertiary/aromatic N) is 2. The fourth-order valence-electron chi connectivity index (χ4n) is 4.76. The van der Waals surface area contributed by atoms with Gasteiger partial charge in [0.2, 0.25) is 0 Å². The normalized spacial score (nSPS) is 37.4. The second kappa shape index (κ2) is 4.82. The lowest BCUT2D eigenvalue weighted by Crippen LogP contribution is -2.38. The van der Waals surface area contributed by atoms with Gasteiger partial charge in [0.15, 0.2) is 5.41 Å². The summed E-state index contributed by atoms with van der Waals surface area (Å²) in [6.45, 7) is 2.05. The predicted molar refractivity (Wildman–Crippen MR) is 84.1 cm³/mol. The fourth-order valence-corrected chi connectivity index (χ4v) is 4.76. The Bertz CT molecular complexity index is 780. The van der Waals surface area contributed by atoms with E-state index in [0.717, 1.165) is 5.57 Å². The lowest BCUT2D eigenvalue weighted by molar-refractivity contribution is -0.153. The minimum absolute atomic E-state index is 0.124. The molecule has 0 amide bonds. The average Bonchev–Trinajstić information content (AvgIpc) is 3.25. The van der Waals surface area contributed by atoms with Crippen LogP contribution in [0.3, 0.4) is 0 Å². The molecule has 3 atom stereocenters. The van der Waals surface area contributed by atoms with Crippen molar-refractivity contribution in [1.29, 1.82) is 10.5 Å². The van der Waals surface area contributed by atoms with Crippen molar-refractivity contribution in [2.24, 2.45) is 10.8 Å². The van der Waals surface area contributed by atoms with Gasteiger partial charge in [0.05, 0.1) is 30.3 Å². The molecule has 2 aliphatic heterocycles. The van der Waals surface area contributed by atoms with E-state index in [-0.39, 0.29) is 25.1 Å². The van der Waals surface area contributed by atoms with Crippen molar-refractivity contribution in [2.45, 2.75) is 44.3 Å². The second-order valence-corrected chi connectivity index (χ2v) is 6.96. The van der Waals surface area contributed by atoms with Crippen molar-refractivity contribution in [3.63, 3.8) is 0 Å². The van der Waals surface area contributed by atoms with E-state index in [2.05, 4.69) is 12.1 Å². The van der Waals surface area contributed by atoms with Gasteiger partial charge in [0, 0.05) is 6.42 Å². The van der Waals surface area contributed by atoms with Gasteiger partial charge in [-0.05, 0) is 49.5 Å². The van der Waals surface area contributed by atoms with E-state index >= 15 is 0 Å². The summed E-state index contributed by atoms with van der Waals surface area (Å²) in [6, 6.07) is 4.42. The van der Waals surface area contributed by atoms with Gasteiger partial charge in [-0.25, -0.2) is 0 Å². The van der Waals surface area contributed by atoms with Crippen LogP contribution in [0.1, 0.15) is 32.6 Å². The maximum Gasteiger partial charge on any atom is 0.316 e. The van der Waals surface area contributed by atoms with E-state index in [1.807, 2.05) is 24.3 Å². The van der Waals surface area contributed by atoms with E-state index in [9.17, 15) is 15.3 Å². The van der Waals surface area contributed by atoms with Gasteiger partial charge in [-0.3, -0.25) is 4.79 Å². The summed E-state index contributed by atoms with van der Waals surface area (Å²) < 4.78 is 11.4. The average molecular weight is 322 g/mol. The van der Waals surface area contributed by atoms with Crippen molar-refractivity contribution in [3.05, 3.63) is 35.5 Å². The largest absolute Gasteiger partial charge is 0.465 e. The molecule has 1 saturated carbocycles. The Morgan fingerprint density at radius 2 is 2.25 bits per heavy atom. The molecule has 0 aromatic heterocycles. The van der Waals surface area contributed by atoms with Crippen LogP contribution in [-0.4, -0.2) is 24.3 Å². The highest BCUT2D eigenvalue weighted by molar-refractivity contribution is 5.84. The highest BCUT2D eigenvalue weighted by Gasteiger charge is 2.63. The van der Waals surface area contributed by atoms with Gasteiger partial charge in [-0.15, -0.1) is 0 Å². The van der Waals surface area contributed by atoms with E-state index in [0.29, 0.717) is 24.8 Å². The Kier molecular flexibility index (Phi) is 3.04. The molecule has 1 fully saturated rings. The number of hydrogen-bond donors (Lipinski definition) is 0. The standard InChI is InChI=1S/C19H18N2O3/c1-2-23-16(22)18-6-3-4-15(18)17(11-20,12-21)10-19-7-5-14(24-19)8-13(19)9-18/h4-5,7-8,14H,2-3,6,9-10H2,1H3/t14?,18-,19?/m0/s1. The van der Waals surface area contributed by atoms with Crippen LogP contribution < -0.4 is 0 Å². The van der Waals surface area contributed by atoms with E-state index < -0.39 is 16.4 Å². The first-order valence-corrected chi connectivity index (χ1v) is 8.33. The number of carbonyl (C=O) groups excluding carboxylic acids is 1. The Hall–Kier alpha value is -2.37. The molecule has 2 bridgehead atoms. The molecule has 2 heterocycles. The summed E-state index contributed by atoms with van der Waals surface area (Å²) in [5.41, 5.74) is -1.41. The molecule has 0 radical (unpaired) electrons. The molecule has 0 N–H and O–H groups in total. The lowest BCUT2D eigenvalue weighted by atomic mass is 9.67. The van der Waals surface area contributed by atoms with Crippen molar-refractivity contribution < 1.29 is 14.3 Å². The SMILES string of the molecule is CCOC(=O)[C@]12CCC=C1C(C#N)(C#N)CC13C=CC(C=C1C2)O3. The zero-order valence-electron chi connectivity index (χ0n) is 13.5. The number of rotatable bonds is 2. The van der Waals surface area contributed by atoms with Gasteiger partial charge in [-0.1, -0.05) is 12.2 Å². The minimum atomic E-state index is -1.37. The van der Waals surface area contributed by atoms with Crippen LogP contribution in [-0.2, 0) is 14.3 Å². The molecule has 2 unspecified atom stereocenters. The Labute approximate surface area is 140 Å². The Balaban J connectivity index is 1.92. The predicted octanol–water partition coefficient (Wildman–Crippen LogP) is 2.72. The molecule has 4 aliphatic rings. The number of carbonyl (C=O) groups is 1. The Morgan fingerprint density at radius 1 is 1.46 bits per heavy atom. The number of fused-ring (bicyclic) bond motifs is 2. The van der Waals surface area contributed by atoms with Crippen LogP contribution in [0.15, 0.2) is 35.5 Å². The summed E-state index contributed by atoms with van der Waals surface area (Å²) in [5.74, 6) is -0.326. The molecule has 1 spiro atoms. The first kappa shape index (κ1) is 15.2. The van der Waals surface area contributed by atoms with Crippen LogP contribution in [0.25, 0.3) is 0 Å². The van der Waals surface area contributed by atoms with Crippen molar-refractivity contribution in [2.75, 3.05) is 6.61 Å². The topological polar surface area (TPSA) is 83.1 Å².